The monoisotopic (exact) mass is 262 g/mol. The van der Waals surface area contributed by atoms with Gasteiger partial charge in [-0.25, -0.2) is 8.42 Å². The van der Waals surface area contributed by atoms with Crippen molar-refractivity contribution in [2.45, 2.75) is 4.90 Å². The summed E-state index contributed by atoms with van der Waals surface area (Å²) in [5.41, 5.74) is 0.567. The number of phenols is 1. The number of phenolic OH excluding ortho intramolecular Hbond substituents is 1. The van der Waals surface area contributed by atoms with Gasteiger partial charge in [-0.3, -0.25) is 0 Å². The van der Waals surface area contributed by atoms with Gasteiger partial charge in [-0.05, 0) is 12.1 Å². The molecule has 5 nitrogen and oxygen atoms in total. The highest BCUT2D eigenvalue weighted by atomic mass is 35.5. The van der Waals surface area contributed by atoms with E-state index >= 15 is 0 Å². The smallest absolute Gasteiger partial charge is 0.244 e. The van der Waals surface area contributed by atoms with E-state index in [0.717, 1.165) is 0 Å². The number of hydrogen-bond acceptors (Lipinski definition) is 4. The van der Waals surface area contributed by atoms with Crippen LogP contribution in [0.3, 0.4) is 0 Å². The summed E-state index contributed by atoms with van der Waals surface area (Å²) >= 11 is 5.64. The van der Waals surface area contributed by atoms with E-state index in [-0.39, 0.29) is 17.3 Å². The second kappa shape index (κ2) is 4.12. The molecule has 0 bridgehead atoms. The molecule has 0 amide bonds. The third kappa shape index (κ3) is 1.95. The van der Waals surface area contributed by atoms with Gasteiger partial charge in [0.2, 0.25) is 10.0 Å². The fourth-order valence-corrected chi connectivity index (χ4v) is 3.04. The first-order valence-corrected chi connectivity index (χ1v) is 6.70. The largest absolute Gasteiger partial charge is 0.508 e. The van der Waals surface area contributed by atoms with Crippen LogP contribution in [0.15, 0.2) is 23.1 Å². The SMILES string of the molecule is O=S1(=O)NCN(CCCl)c2ccc(O)cc21. The molecule has 1 heterocycles. The molecule has 1 aromatic carbocycles. The molecule has 16 heavy (non-hydrogen) atoms. The van der Waals surface area contributed by atoms with Gasteiger partial charge in [-0.2, -0.15) is 4.72 Å². The van der Waals surface area contributed by atoms with Crippen molar-refractivity contribution in [1.29, 1.82) is 0 Å². The quantitative estimate of drug-likeness (QED) is 0.770. The first-order valence-electron chi connectivity index (χ1n) is 4.68. The number of sulfonamides is 1. The number of nitrogens with zero attached hydrogens (tertiary/aromatic N) is 1. The van der Waals surface area contributed by atoms with Crippen molar-refractivity contribution in [3.8, 4) is 5.75 Å². The molecule has 0 aromatic heterocycles. The fraction of sp³-hybridized carbons (Fsp3) is 0.333. The highest BCUT2D eigenvalue weighted by Gasteiger charge is 2.27. The van der Waals surface area contributed by atoms with Gasteiger partial charge < -0.3 is 10.0 Å². The summed E-state index contributed by atoms with van der Waals surface area (Å²) in [6.45, 7) is 0.745. The van der Waals surface area contributed by atoms with E-state index in [1.807, 2.05) is 4.90 Å². The second-order valence-corrected chi connectivity index (χ2v) is 5.52. The Labute approximate surface area is 98.7 Å². The molecule has 1 aromatic rings. The average molecular weight is 263 g/mol. The maximum absolute atomic E-state index is 11.7. The molecule has 0 fully saturated rings. The summed E-state index contributed by atoms with van der Waals surface area (Å²) in [5, 5.41) is 9.30. The van der Waals surface area contributed by atoms with Gasteiger partial charge in [0.15, 0.2) is 0 Å². The van der Waals surface area contributed by atoms with E-state index < -0.39 is 10.0 Å². The summed E-state index contributed by atoms with van der Waals surface area (Å²) in [7, 11) is -3.51. The van der Waals surface area contributed by atoms with E-state index in [1.165, 1.54) is 12.1 Å². The van der Waals surface area contributed by atoms with Gasteiger partial charge in [-0.15, -0.1) is 11.6 Å². The molecule has 1 aliphatic heterocycles. The number of anilines is 1. The summed E-state index contributed by atoms with van der Waals surface area (Å²) < 4.78 is 25.8. The Hall–Kier alpha value is -0.980. The van der Waals surface area contributed by atoms with Crippen LogP contribution in [0, 0.1) is 0 Å². The highest BCUT2D eigenvalue weighted by Crippen LogP contribution is 2.31. The van der Waals surface area contributed by atoms with Crippen LogP contribution in [0.5, 0.6) is 5.75 Å². The van der Waals surface area contributed by atoms with E-state index in [2.05, 4.69) is 4.72 Å². The highest BCUT2D eigenvalue weighted by molar-refractivity contribution is 7.89. The van der Waals surface area contributed by atoms with Gasteiger partial charge >= 0.3 is 0 Å². The molecule has 0 aliphatic carbocycles. The van der Waals surface area contributed by atoms with Crippen molar-refractivity contribution in [3.63, 3.8) is 0 Å². The Balaban J connectivity index is 2.53. The minimum absolute atomic E-state index is 0.0724. The van der Waals surface area contributed by atoms with Crippen LogP contribution < -0.4 is 9.62 Å². The van der Waals surface area contributed by atoms with Crippen LogP contribution in [-0.2, 0) is 10.0 Å². The molecule has 0 atom stereocenters. The molecule has 2 N–H and O–H groups in total. The van der Waals surface area contributed by atoms with Gasteiger partial charge in [0.05, 0.1) is 12.4 Å². The summed E-state index contributed by atoms with van der Waals surface area (Å²) in [5.74, 6) is 0.332. The second-order valence-electron chi connectivity index (χ2n) is 3.41. The van der Waals surface area contributed by atoms with Gasteiger partial charge in [0.1, 0.15) is 10.6 Å². The summed E-state index contributed by atoms with van der Waals surface area (Å²) in [6, 6.07) is 4.27. The normalized spacial score (nSPS) is 18.2. The lowest BCUT2D eigenvalue weighted by Crippen LogP contribution is -2.43. The van der Waals surface area contributed by atoms with Crippen molar-refractivity contribution in [2.75, 3.05) is 24.0 Å². The minimum atomic E-state index is -3.51. The number of fused-ring (bicyclic) bond motifs is 1. The zero-order chi connectivity index (χ0) is 11.8. The van der Waals surface area contributed by atoms with Crippen LogP contribution >= 0.6 is 11.6 Å². The minimum Gasteiger partial charge on any atom is -0.508 e. The topological polar surface area (TPSA) is 69.6 Å². The summed E-state index contributed by atoms with van der Waals surface area (Å²) in [4.78, 5) is 1.90. The van der Waals surface area contributed by atoms with Crippen LogP contribution in [-0.4, -0.2) is 32.6 Å². The molecule has 0 unspecified atom stereocenters. The molecule has 0 radical (unpaired) electrons. The standard InChI is InChI=1S/C9H11ClN2O3S/c10-3-4-12-6-11-16(14,15)9-5-7(13)1-2-8(9)12/h1-2,5,11,13H,3-4,6H2. The van der Waals surface area contributed by atoms with E-state index in [4.69, 9.17) is 11.6 Å². The van der Waals surface area contributed by atoms with Crippen LogP contribution in [0.1, 0.15) is 0 Å². The lowest BCUT2D eigenvalue weighted by molar-refractivity contribution is 0.472. The molecule has 0 saturated carbocycles. The summed E-state index contributed by atoms with van der Waals surface area (Å²) in [6.07, 6.45) is 0. The fourth-order valence-electron chi connectivity index (χ4n) is 1.61. The van der Waals surface area contributed by atoms with Crippen molar-refractivity contribution in [2.24, 2.45) is 0 Å². The van der Waals surface area contributed by atoms with Crippen molar-refractivity contribution in [1.82, 2.24) is 4.72 Å². The number of alkyl halides is 1. The Morgan fingerprint density at radius 2 is 2.25 bits per heavy atom. The molecular formula is C9H11ClN2O3S. The van der Waals surface area contributed by atoms with Crippen LogP contribution in [0.4, 0.5) is 5.69 Å². The number of nitrogens with one attached hydrogen (secondary N) is 1. The maximum Gasteiger partial charge on any atom is 0.244 e. The molecule has 7 heteroatoms. The third-order valence-corrected chi connectivity index (χ3v) is 3.96. The molecule has 2 rings (SSSR count). The zero-order valence-corrected chi connectivity index (χ0v) is 9.92. The zero-order valence-electron chi connectivity index (χ0n) is 8.35. The Morgan fingerprint density at radius 3 is 2.94 bits per heavy atom. The van der Waals surface area contributed by atoms with Crippen LogP contribution in [0.25, 0.3) is 0 Å². The van der Waals surface area contributed by atoms with Gasteiger partial charge in [0.25, 0.3) is 0 Å². The molecule has 0 spiro atoms. The van der Waals surface area contributed by atoms with Crippen molar-refractivity contribution in [3.05, 3.63) is 18.2 Å². The Kier molecular flexibility index (Phi) is 2.96. The van der Waals surface area contributed by atoms with Crippen molar-refractivity contribution < 1.29 is 13.5 Å². The number of rotatable bonds is 2. The first kappa shape index (κ1) is 11.5. The number of halogens is 1. The van der Waals surface area contributed by atoms with Crippen LogP contribution in [0.2, 0.25) is 0 Å². The maximum atomic E-state index is 11.7. The molecular weight excluding hydrogens is 252 g/mol. The molecule has 0 saturated heterocycles. The number of benzene rings is 1. The van der Waals surface area contributed by atoms with E-state index in [1.54, 1.807) is 6.07 Å². The Morgan fingerprint density at radius 1 is 1.50 bits per heavy atom. The van der Waals surface area contributed by atoms with Crippen molar-refractivity contribution >= 4 is 27.3 Å². The third-order valence-electron chi connectivity index (χ3n) is 2.37. The lowest BCUT2D eigenvalue weighted by atomic mass is 10.2. The molecule has 88 valence electrons. The first-order chi connectivity index (χ1) is 7.54. The molecule has 1 aliphatic rings. The van der Waals surface area contributed by atoms with Gasteiger partial charge in [-0.1, -0.05) is 0 Å². The van der Waals surface area contributed by atoms with E-state index in [9.17, 15) is 13.5 Å². The van der Waals surface area contributed by atoms with E-state index in [0.29, 0.717) is 18.1 Å². The average Bonchev–Trinajstić information content (AvgIpc) is 2.23. The Bertz CT molecular complexity index is 503. The van der Waals surface area contributed by atoms with Gasteiger partial charge in [0, 0.05) is 18.5 Å². The number of aromatic hydroxyl groups is 1. The predicted molar refractivity (Wildman–Crippen MR) is 61.4 cm³/mol. The number of hydrogen-bond donors (Lipinski definition) is 2. The predicted octanol–water partition coefficient (Wildman–Crippen LogP) is 0.687. The lowest BCUT2D eigenvalue weighted by Gasteiger charge is -2.30.